The number of fused-ring (bicyclic) bond motifs is 5. The lowest BCUT2D eigenvalue weighted by molar-refractivity contribution is 0.0737. The molecular weight excluding hydrogens is 448 g/mol. The Balaban J connectivity index is 1.64. The second kappa shape index (κ2) is 8.50. The molecule has 0 atom stereocenters. The molecule has 3 aromatic carbocycles. The third-order valence-electron chi connectivity index (χ3n) is 6.35. The van der Waals surface area contributed by atoms with Gasteiger partial charge in [0.05, 0.1) is 16.6 Å². The normalized spacial score (nSPS) is 11.4. The Morgan fingerprint density at radius 1 is 0.917 bits per heavy atom. The van der Waals surface area contributed by atoms with E-state index < -0.39 is 5.97 Å². The van der Waals surface area contributed by atoms with Crippen LogP contribution in [-0.2, 0) is 6.54 Å². The number of esters is 1. The van der Waals surface area contributed by atoms with Gasteiger partial charge in [-0.1, -0.05) is 65.7 Å². The molecule has 0 radical (unpaired) electrons. The molecule has 0 amide bonds. The maximum absolute atomic E-state index is 13.1. The van der Waals surface area contributed by atoms with Crippen LogP contribution in [0.25, 0.3) is 39.1 Å². The molecule has 3 heterocycles. The van der Waals surface area contributed by atoms with Crippen LogP contribution in [0.4, 0.5) is 0 Å². The number of aromatic nitrogens is 4. The summed E-state index contributed by atoms with van der Waals surface area (Å²) in [5.41, 5.74) is 6.85. The first-order valence-electron chi connectivity index (χ1n) is 11.8. The van der Waals surface area contributed by atoms with Gasteiger partial charge >= 0.3 is 5.97 Å². The Hall–Kier alpha value is -4.71. The van der Waals surface area contributed by atoms with Crippen LogP contribution in [0, 0.1) is 13.8 Å². The number of ether oxygens (including phenoxy) is 1. The Labute approximate surface area is 208 Å². The van der Waals surface area contributed by atoms with E-state index in [2.05, 4.69) is 37.8 Å². The number of carbonyl (C=O) groups excluding carboxylic acids is 1. The Bertz CT molecular complexity index is 1770. The minimum Gasteiger partial charge on any atom is -0.420 e. The van der Waals surface area contributed by atoms with Gasteiger partial charge in [0.25, 0.3) is 0 Å². The molecule has 0 fully saturated rings. The van der Waals surface area contributed by atoms with Gasteiger partial charge in [-0.25, -0.2) is 14.8 Å². The molecule has 0 bridgehead atoms. The fourth-order valence-corrected chi connectivity index (χ4v) is 4.51. The zero-order valence-corrected chi connectivity index (χ0v) is 20.1. The van der Waals surface area contributed by atoms with Crippen LogP contribution in [0.5, 0.6) is 5.75 Å². The summed E-state index contributed by atoms with van der Waals surface area (Å²) in [6.45, 7) is 8.45. The smallest absolute Gasteiger partial charge is 0.343 e. The molecule has 6 aromatic rings. The lowest BCUT2D eigenvalue weighted by Gasteiger charge is -2.10. The first-order valence-corrected chi connectivity index (χ1v) is 11.8. The van der Waals surface area contributed by atoms with E-state index in [0.29, 0.717) is 34.5 Å². The fraction of sp³-hybridized carbons (Fsp3) is 0.100. The van der Waals surface area contributed by atoms with Crippen molar-refractivity contribution in [2.45, 2.75) is 20.4 Å². The molecule has 3 aromatic heterocycles. The van der Waals surface area contributed by atoms with E-state index in [-0.39, 0.29) is 0 Å². The van der Waals surface area contributed by atoms with Gasteiger partial charge in [-0.15, -0.1) is 6.58 Å². The average molecular weight is 473 g/mol. The van der Waals surface area contributed by atoms with Crippen molar-refractivity contribution in [2.24, 2.45) is 0 Å². The van der Waals surface area contributed by atoms with E-state index in [1.807, 2.05) is 58.5 Å². The molecule has 0 saturated heterocycles. The van der Waals surface area contributed by atoms with Crippen LogP contribution in [0.1, 0.15) is 21.5 Å². The molecular formula is C30H24N4O2. The average Bonchev–Trinajstić information content (AvgIpc) is 3.43. The number of allylic oxidation sites excluding steroid dienone is 1. The standard InChI is InChI=1S/C30H24N4O2/c1-4-17-33-18-25(36-30(35)22-15-11-20(3)12-16-22)26-28(33)32-27(21-13-9-19(2)10-14-21)34-24-8-6-5-7-23(24)31-29(26)34/h4-16,18H,1,17H2,2-3H3. The Morgan fingerprint density at radius 3 is 2.33 bits per heavy atom. The zero-order chi connectivity index (χ0) is 24.8. The van der Waals surface area contributed by atoms with Crippen molar-refractivity contribution in [1.29, 1.82) is 0 Å². The maximum Gasteiger partial charge on any atom is 0.343 e. The number of benzene rings is 3. The first kappa shape index (κ1) is 21.8. The largest absolute Gasteiger partial charge is 0.420 e. The lowest BCUT2D eigenvalue weighted by Crippen LogP contribution is -2.08. The first-order chi connectivity index (χ1) is 17.5. The van der Waals surface area contributed by atoms with Crippen LogP contribution < -0.4 is 4.74 Å². The third kappa shape index (κ3) is 3.55. The summed E-state index contributed by atoms with van der Waals surface area (Å²) >= 11 is 0. The minimum atomic E-state index is -0.426. The summed E-state index contributed by atoms with van der Waals surface area (Å²) in [7, 11) is 0. The highest BCUT2D eigenvalue weighted by Crippen LogP contribution is 2.36. The second-order valence-electron chi connectivity index (χ2n) is 8.95. The van der Waals surface area contributed by atoms with Crippen molar-refractivity contribution in [3.05, 3.63) is 108 Å². The highest BCUT2D eigenvalue weighted by molar-refractivity contribution is 6.03. The van der Waals surface area contributed by atoms with Gasteiger partial charge in [0.2, 0.25) is 0 Å². The summed E-state index contributed by atoms with van der Waals surface area (Å²) in [5, 5.41) is 0.685. The lowest BCUT2D eigenvalue weighted by atomic mass is 10.1. The summed E-state index contributed by atoms with van der Waals surface area (Å²) < 4.78 is 9.95. The van der Waals surface area contributed by atoms with Crippen LogP contribution in [0.3, 0.4) is 0 Å². The molecule has 0 aliphatic heterocycles. The Morgan fingerprint density at radius 2 is 1.61 bits per heavy atom. The number of hydrogen-bond donors (Lipinski definition) is 0. The number of rotatable bonds is 5. The van der Waals surface area contributed by atoms with Crippen molar-refractivity contribution in [3.63, 3.8) is 0 Å². The molecule has 0 unspecified atom stereocenters. The topological polar surface area (TPSA) is 61.4 Å². The monoisotopic (exact) mass is 472 g/mol. The van der Waals surface area contributed by atoms with E-state index in [1.54, 1.807) is 18.2 Å². The number of carbonyl (C=O) groups is 1. The van der Waals surface area contributed by atoms with Gasteiger partial charge in [0.1, 0.15) is 16.9 Å². The van der Waals surface area contributed by atoms with E-state index >= 15 is 0 Å². The summed E-state index contributed by atoms with van der Waals surface area (Å²) in [4.78, 5) is 23.1. The van der Waals surface area contributed by atoms with Crippen LogP contribution >= 0.6 is 0 Å². The van der Waals surface area contributed by atoms with Crippen molar-refractivity contribution in [1.82, 2.24) is 18.9 Å². The van der Waals surface area contributed by atoms with Gasteiger partial charge < -0.3 is 9.30 Å². The molecule has 6 heteroatoms. The van der Waals surface area contributed by atoms with Crippen LogP contribution in [0.2, 0.25) is 0 Å². The maximum atomic E-state index is 13.1. The molecule has 0 aliphatic carbocycles. The minimum absolute atomic E-state index is 0.417. The highest BCUT2D eigenvalue weighted by Gasteiger charge is 2.23. The summed E-state index contributed by atoms with van der Waals surface area (Å²) in [6, 6.07) is 23.6. The fourth-order valence-electron chi connectivity index (χ4n) is 4.51. The van der Waals surface area contributed by atoms with Crippen LogP contribution in [0.15, 0.2) is 91.6 Å². The van der Waals surface area contributed by atoms with Crippen molar-refractivity contribution >= 4 is 33.7 Å². The van der Waals surface area contributed by atoms with Crippen LogP contribution in [-0.4, -0.2) is 24.9 Å². The van der Waals surface area contributed by atoms with Gasteiger partial charge in [-0.2, -0.15) is 0 Å². The molecule has 0 saturated carbocycles. The number of aryl methyl sites for hydroxylation is 2. The third-order valence-corrected chi connectivity index (χ3v) is 6.35. The zero-order valence-electron chi connectivity index (χ0n) is 20.1. The number of nitrogens with zero attached hydrogens (tertiary/aromatic N) is 4. The second-order valence-corrected chi connectivity index (χ2v) is 8.95. The number of hydrogen-bond acceptors (Lipinski definition) is 4. The molecule has 6 nitrogen and oxygen atoms in total. The van der Waals surface area contributed by atoms with Crippen molar-refractivity contribution in [3.8, 4) is 17.1 Å². The predicted molar refractivity (Wildman–Crippen MR) is 142 cm³/mol. The van der Waals surface area contributed by atoms with E-state index in [4.69, 9.17) is 14.7 Å². The highest BCUT2D eigenvalue weighted by atomic mass is 16.5. The molecule has 36 heavy (non-hydrogen) atoms. The molecule has 0 aliphatic rings. The molecule has 0 spiro atoms. The predicted octanol–water partition coefficient (Wildman–Crippen LogP) is 6.53. The molecule has 6 rings (SSSR count). The van der Waals surface area contributed by atoms with Gasteiger partial charge in [0.15, 0.2) is 11.4 Å². The van der Waals surface area contributed by atoms with Gasteiger partial charge in [-0.3, -0.25) is 4.40 Å². The van der Waals surface area contributed by atoms with Gasteiger partial charge in [0, 0.05) is 18.3 Å². The van der Waals surface area contributed by atoms with E-state index in [0.717, 1.165) is 28.0 Å². The molecule has 0 N–H and O–H groups in total. The quantitative estimate of drug-likeness (QED) is 0.212. The van der Waals surface area contributed by atoms with Crippen molar-refractivity contribution < 1.29 is 9.53 Å². The van der Waals surface area contributed by atoms with Gasteiger partial charge in [-0.05, 0) is 38.1 Å². The van der Waals surface area contributed by atoms with Crippen molar-refractivity contribution in [2.75, 3.05) is 0 Å². The summed E-state index contributed by atoms with van der Waals surface area (Å²) in [5.74, 6) is 0.760. The number of para-hydroxylation sites is 2. The number of imidazole rings is 1. The summed E-state index contributed by atoms with van der Waals surface area (Å²) in [6.07, 6.45) is 3.61. The van der Waals surface area contributed by atoms with E-state index in [1.165, 1.54) is 5.56 Å². The van der Waals surface area contributed by atoms with E-state index in [9.17, 15) is 4.79 Å². The molecule has 176 valence electrons. The SMILES string of the molecule is C=CCn1cc(OC(=O)c2ccc(C)cc2)c2c1nc(-c1ccc(C)cc1)n1c3ccccc3nc21. The Kier molecular flexibility index (Phi) is 5.15.